The summed E-state index contributed by atoms with van der Waals surface area (Å²) in [6.45, 7) is 0. The number of hydrogen-bond acceptors (Lipinski definition) is 4. The third kappa shape index (κ3) is 4.51. The predicted octanol–water partition coefficient (Wildman–Crippen LogP) is 3.04. The lowest BCUT2D eigenvalue weighted by atomic mass is 10.1. The van der Waals surface area contributed by atoms with Gasteiger partial charge in [0.15, 0.2) is 5.82 Å². The lowest BCUT2D eigenvalue weighted by Gasteiger charge is -2.02. The van der Waals surface area contributed by atoms with Gasteiger partial charge >= 0.3 is 0 Å². The fourth-order valence-electron chi connectivity index (χ4n) is 2.23. The van der Waals surface area contributed by atoms with Gasteiger partial charge in [0.25, 0.3) is 0 Å². The third-order valence-electron chi connectivity index (χ3n) is 3.36. The Morgan fingerprint density at radius 2 is 1.65 bits per heavy atom. The number of amides is 1. The van der Waals surface area contributed by atoms with Crippen LogP contribution in [-0.4, -0.2) is 16.0 Å². The van der Waals surface area contributed by atoms with Crippen LogP contribution in [-0.2, 0) is 24.1 Å². The van der Waals surface area contributed by atoms with Gasteiger partial charge in [-0.3, -0.25) is 4.79 Å². The quantitative estimate of drug-likeness (QED) is 0.760. The van der Waals surface area contributed by atoms with Crippen LogP contribution < -0.4 is 5.32 Å². The van der Waals surface area contributed by atoms with E-state index in [0.29, 0.717) is 18.1 Å². The summed E-state index contributed by atoms with van der Waals surface area (Å²) in [7, 11) is 0. The second-order valence-corrected chi connectivity index (χ2v) is 5.18. The van der Waals surface area contributed by atoms with Crippen LogP contribution in [0.3, 0.4) is 0 Å². The number of nitrogens with one attached hydrogen (secondary N) is 1. The van der Waals surface area contributed by atoms with Crippen molar-refractivity contribution in [2.75, 3.05) is 5.32 Å². The second-order valence-electron chi connectivity index (χ2n) is 5.18. The van der Waals surface area contributed by atoms with E-state index in [2.05, 4.69) is 27.6 Å². The minimum Gasteiger partial charge on any atom is -0.339 e. The van der Waals surface area contributed by atoms with Gasteiger partial charge in [0.05, 0.1) is 6.42 Å². The van der Waals surface area contributed by atoms with Gasteiger partial charge in [0, 0.05) is 12.1 Å². The normalized spacial score (nSPS) is 10.4. The number of benzene rings is 2. The zero-order valence-electron chi connectivity index (χ0n) is 12.6. The van der Waals surface area contributed by atoms with Crippen LogP contribution in [0.1, 0.15) is 17.3 Å². The van der Waals surface area contributed by atoms with Gasteiger partial charge in [-0.05, 0) is 24.1 Å². The summed E-state index contributed by atoms with van der Waals surface area (Å²) in [5, 5.41) is 6.66. The standard InChI is InChI=1S/C18H17N3O2/c22-17(19-15-9-5-2-6-10-15)13-16-20-18(23-21-16)12-11-14-7-3-1-4-8-14/h1-10H,11-13H2,(H,19,22). The minimum atomic E-state index is -0.161. The average molecular weight is 307 g/mol. The van der Waals surface area contributed by atoms with E-state index in [0.717, 1.165) is 12.1 Å². The molecule has 0 saturated carbocycles. The van der Waals surface area contributed by atoms with E-state index in [1.807, 2.05) is 48.5 Å². The average Bonchev–Trinajstić information content (AvgIpc) is 3.02. The summed E-state index contributed by atoms with van der Waals surface area (Å²) in [6, 6.07) is 19.4. The number of hydrogen-bond donors (Lipinski definition) is 1. The Bertz CT molecular complexity index is 754. The van der Waals surface area contributed by atoms with Crippen molar-refractivity contribution in [2.24, 2.45) is 0 Å². The third-order valence-corrected chi connectivity index (χ3v) is 3.36. The van der Waals surface area contributed by atoms with Crippen molar-refractivity contribution in [2.45, 2.75) is 19.3 Å². The Morgan fingerprint density at radius 1 is 0.957 bits per heavy atom. The van der Waals surface area contributed by atoms with Crippen molar-refractivity contribution in [1.82, 2.24) is 10.1 Å². The maximum absolute atomic E-state index is 11.9. The highest BCUT2D eigenvalue weighted by molar-refractivity contribution is 5.91. The topological polar surface area (TPSA) is 68.0 Å². The largest absolute Gasteiger partial charge is 0.339 e. The van der Waals surface area contributed by atoms with Gasteiger partial charge in [-0.15, -0.1) is 0 Å². The molecule has 1 N–H and O–H groups in total. The highest BCUT2D eigenvalue weighted by Gasteiger charge is 2.11. The van der Waals surface area contributed by atoms with Gasteiger partial charge in [0.2, 0.25) is 11.8 Å². The molecule has 0 aliphatic heterocycles. The van der Waals surface area contributed by atoms with Crippen LogP contribution in [0.2, 0.25) is 0 Å². The van der Waals surface area contributed by atoms with Crippen LogP contribution in [0.5, 0.6) is 0 Å². The first-order chi connectivity index (χ1) is 11.3. The molecule has 5 nitrogen and oxygen atoms in total. The Kier molecular flexibility index (Phi) is 4.79. The van der Waals surface area contributed by atoms with E-state index < -0.39 is 0 Å². The van der Waals surface area contributed by atoms with E-state index in [1.165, 1.54) is 5.56 Å². The first kappa shape index (κ1) is 15.0. The highest BCUT2D eigenvalue weighted by Crippen LogP contribution is 2.08. The molecule has 0 radical (unpaired) electrons. The molecule has 1 heterocycles. The summed E-state index contributed by atoms with van der Waals surface area (Å²) in [5.74, 6) is 0.796. The maximum Gasteiger partial charge on any atom is 0.232 e. The van der Waals surface area contributed by atoms with Crippen molar-refractivity contribution in [1.29, 1.82) is 0 Å². The van der Waals surface area contributed by atoms with Crippen molar-refractivity contribution >= 4 is 11.6 Å². The van der Waals surface area contributed by atoms with E-state index in [1.54, 1.807) is 0 Å². The van der Waals surface area contributed by atoms with Crippen molar-refractivity contribution in [3.8, 4) is 0 Å². The van der Waals surface area contributed by atoms with Crippen LogP contribution in [0.15, 0.2) is 65.2 Å². The Morgan fingerprint density at radius 3 is 2.39 bits per heavy atom. The van der Waals surface area contributed by atoms with Crippen molar-refractivity contribution < 1.29 is 9.32 Å². The summed E-state index contributed by atoms with van der Waals surface area (Å²) < 4.78 is 5.20. The number of anilines is 1. The number of aryl methyl sites for hydroxylation is 2. The zero-order chi connectivity index (χ0) is 15.9. The number of para-hydroxylation sites is 1. The molecule has 3 rings (SSSR count). The Hall–Kier alpha value is -2.95. The maximum atomic E-state index is 11.9. The molecule has 0 aliphatic rings. The summed E-state index contributed by atoms with van der Waals surface area (Å²) >= 11 is 0. The first-order valence-electron chi connectivity index (χ1n) is 7.50. The van der Waals surface area contributed by atoms with Gasteiger partial charge in [0.1, 0.15) is 0 Å². The summed E-state index contributed by atoms with van der Waals surface area (Å²) in [4.78, 5) is 16.2. The molecule has 0 atom stereocenters. The summed E-state index contributed by atoms with van der Waals surface area (Å²) in [6.07, 6.45) is 1.60. The first-order valence-corrected chi connectivity index (χ1v) is 7.50. The summed E-state index contributed by atoms with van der Waals surface area (Å²) in [5.41, 5.74) is 1.97. The lowest BCUT2D eigenvalue weighted by Crippen LogP contribution is -2.15. The molecule has 116 valence electrons. The van der Waals surface area contributed by atoms with E-state index >= 15 is 0 Å². The molecule has 5 heteroatoms. The van der Waals surface area contributed by atoms with E-state index in [9.17, 15) is 4.79 Å². The molecule has 23 heavy (non-hydrogen) atoms. The van der Waals surface area contributed by atoms with Crippen molar-refractivity contribution in [3.05, 3.63) is 77.9 Å². The Balaban J connectivity index is 1.52. The van der Waals surface area contributed by atoms with Crippen LogP contribution >= 0.6 is 0 Å². The SMILES string of the molecule is O=C(Cc1noc(CCc2ccccc2)n1)Nc1ccccc1. The van der Waals surface area contributed by atoms with E-state index in [-0.39, 0.29) is 12.3 Å². The smallest absolute Gasteiger partial charge is 0.232 e. The van der Waals surface area contributed by atoms with Gasteiger partial charge in [-0.2, -0.15) is 4.98 Å². The molecule has 0 bridgehead atoms. The highest BCUT2D eigenvalue weighted by atomic mass is 16.5. The fourth-order valence-corrected chi connectivity index (χ4v) is 2.23. The monoisotopic (exact) mass is 307 g/mol. The molecule has 2 aromatic carbocycles. The molecule has 0 aliphatic carbocycles. The number of nitrogens with zero attached hydrogens (tertiary/aromatic N) is 2. The molecule has 1 amide bonds. The molecular formula is C18H17N3O2. The zero-order valence-corrected chi connectivity index (χ0v) is 12.6. The minimum absolute atomic E-state index is 0.101. The lowest BCUT2D eigenvalue weighted by molar-refractivity contribution is -0.115. The van der Waals surface area contributed by atoms with Crippen LogP contribution in [0.25, 0.3) is 0 Å². The number of carbonyl (C=O) groups excluding carboxylic acids is 1. The predicted molar refractivity (Wildman–Crippen MR) is 86.9 cm³/mol. The molecule has 0 fully saturated rings. The van der Waals surface area contributed by atoms with Crippen molar-refractivity contribution in [3.63, 3.8) is 0 Å². The van der Waals surface area contributed by atoms with Gasteiger partial charge in [-0.25, -0.2) is 0 Å². The fraction of sp³-hybridized carbons (Fsp3) is 0.167. The molecular weight excluding hydrogens is 290 g/mol. The molecule has 0 unspecified atom stereocenters. The number of carbonyl (C=O) groups is 1. The van der Waals surface area contributed by atoms with Gasteiger partial charge in [-0.1, -0.05) is 53.7 Å². The number of rotatable bonds is 6. The molecule has 3 aromatic rings. The van der Waals surface area contributed by atoms with E-state index in [4.69, 9.17) is 4.52 Å². The van der Waals surface area contributed by atoms with Crippen LogP contribution in [0, 0.1) is 0 Å². The second kappa shape index (κ2) is 7.35. The number of aromatic nitrogens is 2. The molecule has 0 saturated heterocycles. The Labute approximate surface area is 134 Å². The van der Waals surface area contributed by atoms with Gasteiger partial charge < -0.3 is 9.84 Å². The van der Waals surface area contributed by atoms with Crippen LogP contribution in [0.4, 0.5) is 5.69 Å². The molecule has 1 aromatic heterocycles. The molecule has 0 spiro atoms.